The summed E-state index contributed by atoms with van der Waals surface area (Å²) in [4.78, 5) is 37.5. The molecule has 7 heteroatoms. The number of amides is 4. The third-order valence-electron chi connectivity index (χ3n) is 3.51. The maximum absolute atomic E-state index is 12.1. The third-order valence-corrected chi connectivity index (χ3v) is 3.51. The van der Waals surface area contributed by atoms with Crippen molar-refractivity contribution < 1.29 is 14.4 Å². The first-order valence-corrected chi connectivity index (χ1v) is 6.98. The number of likely N-dealkylation sites (N-methyl/N-ethyl adjacent to an activating group) is 1. The maximum atomic E-state index is 12.1. The van der Waals surface area contributed by atoms with E-state index in [1.165, 1.54) is 0 Å². The summed E-state index contributed by atoms with van der Waals surface area (Å²) in [6.45, 7) is 6.48. The van der Waals surface area contributed by atoms with Gasteiger partial charge in [0.1, 0.15) is 5.54 Å². The smallest absolute Gasteiger partial charge is 0.322 e. The molecular formula is C13H24N4O3. The lowest BCUT2D eigenvalue weighted by Gasteiger charge is -2.20. The van der Waals surface area contributed by atoms with Gasteiger partial charge in [-0.05, 0) is 33.4 Å². The number of nitrogens with zero attached hydrogens (tertiary/aromatic N) is 2. The Labute approximate surface area is 119 Å². The quantitative estimate of drug-likeness (QED) is 0.666. The third kappa shape index (κ3) is 3.69. The van der Waals surface area contributed by atoms with Crippen molar-refractivity contribution in [3.63, 3.8) is 0 Å². The number of rotatable bonds is 7. The molecule has 1 aliphatic heterocycles. The van der Waals surface area contributed by atoms with Crippen LogP contribution in [0.1, 0.15) is 40.0 Å². The van der Waals surface area contributed by atoms with E-state index in [1.807, 2.05) is 18.9 Å². The minimum absolute atomic E-state index is 0.153. The first-order valence-electron chi connectivity index (χ1n) is 6.98. The Hall–Kier alpha value is -1.63. The van der Waals surface area contributed by atoms with Crippen LogP contribution in [0.2, 0.25) is 0 Å². The Bertz CT molecular complexity index is 399. The monoisotopic (exact) mass is 284 g/mol. The Balaban J connectivity index is 2.54. The summed E-state index contributed by atoms with van der Waals surface area (Å²) in [5, 5.41) is 3.36. The van der Waals surface area contributed by atoms with Gasteiger partial charge in [0.25, 0.3) is 11.8 Å². The molecule has 20 heavy (non-hydrogen) atoms. The predicted molar refractivity (Wildman–Crippen MR) is 74.6 cm³/mol. The van der Waals surface area contributed by atoms with Crippen LogP contribution in [0.4, 0.5) is 4.79 Å². The summed E-state index contributed by atoms with van der Waals surface area (Å²) in [6.07, 6.45) is 2.52. The van der Waals surface area contributed by atoms with Gasteiger partial charge in [0.05, 0.1) is 6.54 Å². The van der Waals surface area contributed by atoms with Gasteiger partial charge in [-0.25, -0.2) is 4.79 Å². The Morgan fingerprint density at radius 1 is 1.40 bits per heavy atom. The highest BCUT2D eigenvalue weighted by atomic mass is 16.2. The van der Waals surface area contributed by atoms with Gasteiger partial charge in [-0.15, -0.1) is 0 Å². The van der Waals surface area contributed by atoms with Crippen molar-refractivity contribution in [3.05, 3.63) is 0 Å². The highest BCUT2D eigenvalue weighted by Gasteiger charge is 2.47. The SMILES string of the molecule is CCCCN(C)CC(=O)NN1C(=O)NC(C)(CC)C1=O. The van der Waals surface area contributed by atoms with Gasteiger partial charge in [-0.2, -0.15) is 5.01 Å². The molecule has 1 fully saturated rings. The molecule has 2 N–H and O–H groups in total. The van der Waals surface area contributed by atoms with Crippen molar-refractivity contribution in [3.8, 4) is 0 Å². The fourth-order valence-corrected chi connectivity index (χ4v) is 1.94. The van der Waals surface area contributed by atoms with E-state index in [9.17, 15) is 14.4 Å². The van der Waals surface area contributed by atoms with Crippen molar-refractivity contribution in [1.82, 2.24) is 20.7 Å². The van der Waals surface area contributed by atoms with Crippen molar-refractivity contribution in [1.29, 1.82) is 0 Å². The highest BCUT2D eigenvalue weighted by molar-refractivity contribution is 6.07. The lowest BCUT2D eigenvalue weighted by atomic mass is 10.00. The topological polar surface area (TPSA) is 81.8 Å². The lowest BCUT2D eigenvalue weighted by molar-refractivity contribution is -0.139. The van der Waals surface area contributed by atoms with Crippen LogP contribution in [0.15, 0.2) is 0 Å². The summed E-state index contributed by atoms with van der Waals surface area (Å²) >= 11 is 0. The molecule has 4 amide bonds. The van der Waals surface area contributed by atoms with E-state index in [0.29, 0.717) is 6.42 Å². The van der Waals surface area contributed by atoms with Crippen LogP contribution in [-0.4, -0.2) is 53.4 Å². The van der Waals surface area contributed by atoms with E-state index < -0.39 is 17.5 Å². The molecule has 0 aliphatic carbocycles. The second-order valence-corrected chi connectivity index (χ2v) is 5.38. The summed E-state index contributed by atoms with van der Waals surface area (Å²) in [5.41, 5.74) is 1.43. The van der Waals surface area contributed by atoms with E-state index >= 15 is 0 Å². The van der Waals surface area contributed by atoms with Crippen LogP contribution in [0, 0.1) is 0 Å². The fraction of sp³-hybridized carbons (Fsp3) is 0.769. The van der Waals surface area contributed by atoms with E-state index in [0.717, 1.165) is 24.4 Å². The second-order valence-electron chi connectivity index (χ2n) is 5.38. The zero-order valence-corrected chi connectivity index (χ0v) is 12.7. The Morgan fingerprint density at radius 2 is 2.05 bits per heavy atom. The molecule has 0 aromatic carbocycles. The van der Waals surface area contributed by atoms with E-state index in [2.05, 4.69) is 17.7 Å². The molecule has 1 atom stereocenters. The van der Waals surface area contributed by atoms with Crippen LogP contribution in [0.25, 0.3) is 0 Å². The predicted octanol–water partition coefficient (Wildman–Crippen LogP) is 0.470. The van der Waals surface area contributed by atoms with Gasteiger partial charge in [0.2, 0.25) is 0 Å². The standard InChI is InChI=1S/C13H24N4O3/c1-5-7-8-16(4)9-10(18)15-17-11(19)13(3,6-2)14-12(17)20/h5-9H2,1-4H3,(H,14,20)(H,15,18). The molecule has 1 unspecified atom stereocenters. The minimum Gasteiger partial charge on any atom is -0.322 e. The molecule has 0 saturated carbocycles. The first kappa shape index (κ1) is 16.4. The number of hydrogen-bond donors (Lipinski definition) is 2. The molecule has 0 spiro atoms. The van der Waals surface area contributed by atoms with Crippen molar-refractivity contribution >= 4 is 17.8 Å². The van der Waals surface area contributed by atoms with Crippen LogP contribution >= 0.6 is 0 Å². The van der Waals surface area contributed by atoms with E-state index in [-0.39, 0.29) is 12.5 Å². The average Bonchev–Trinajstić information content (AvgIpc) is 2.60. The molecule has 7 nitrogen and oxygen atoms in total. The molecule has 1 saturated heterocycles. The van der Waals surface area contributed by atoms with Crippen molar-refractivity contribution in [2.75, 3.05) is 20.1 Å². The van der Waals surface area contributed by atoms with E-state index in [4.69, 9.17) is 0 Å². The molecule has 0 aromatic rings. The van der Waals surface area contributed by atoms with Crippen LogP contribution in [0.5, 0.6) is 0 Å². The lowest BCUT2D eigenvalue weighted by Crippen LogP contribution is -2.50. The van der Waals surface area contributed by atoms with Crippen LogP contribution < -0.4 is 10.7 Å². The maximum Gasteiger partial charge on any atom is 0.344 e. The van der Waals surface area contributed by atoms with Crippen molar-refractivity contribution in [2.24, 2.45) is 0 Å². The molecule has 1 aliphatic rings. The second kappa shape index (κ2) is 6.69. The minimum atomic E-state index is -0.932. The number of unbranched alkanes of at least 4 members (excludes halogenated alkanes) is 1. The molecule has 114 valence electrons. The molecule has 0 bridgehead atoms. The summed E-state index contributed by atoms with van der Waals surface area (Å²) in [7, 11) is 1.83. The largest absolute Gasteiger partial charge is 0.344 e. The highest BCUT2D eigenvalue weighted by Crippen LogP contribution is 2.18. The number of carbonyl (C=O) groups is 3. The molecule has 0 radical (unpaired) electrons. The Kier molecular flexibility index (Phi) is 5.50. The van der Waals surface area contributed by atoms with Gasteiger partial charge >= 0.3 is 6.03 Å². The summed E-state index contributed by atoms with van der Waals surface area (Å²) in [5.74, 6) is -0.790. The van der Waals surface area contributed by atoms with Gasteiger partial charge in [-0.1, -0.05) is 20.3 Å². The fourth-order valence-electron chi connectivity index (χ4n) is 1.94. The zero-order valence-electron chi connectivity index (χ0n) is 12.7. The first-order chi connectivity index (χ1) is 9.34. The summed E-state index contributed by atoms with van der Waals surface area (Å²) in [6, 6.07) is -0.580. The number of hydrazine groups is 1. The molecular weight excluding hydrogens is 260 g/mol. The van der Waals surface area contributed by atoms with Gasteiger partial charge in [0, 0.05) is 0 Å². The van der Waals surface area contributed by atoms with Crippen LogP contribution in [0.3, 0.4) is 0 Å². The van der Waals surface area contributed by atoms with Crippen LogP contribution in [-0.2, 0) is 9.59 Å². The van der Waals surface area contributed by atoms with Gasteiger partial charge < -0.3 is 5.32 Å². The Morgan fingerprint density at radius 3 is 2.55 bits per heavy atom. The number of hydrogen-bond acceptors (Lipinski definition) is 4. The molecule has 0 aromatic heterocycles. The number of imide groups is 1. The molecule has 1 heterocycles. The number of carbonyl (C=O) groups excluding carboxylic acids is 3. The normalized spacial score (nSPS) is 22.4. The average molecular weight is 284 g/mol. The summed E-state index contributed by atoms with van der Waals surface area (Å²) < 4.78 is 0. The number of urea groups is 1. The number of nitrogens with one attached hydrogen (secondary N) is 2. The van der Waals surface area contributed by atoms with Crippen molar-refractivity contribution in [2.45, 2.75) is 45.6 Å². The molecule has 1 rings (SSSR count). The zero-order chi connectivity index (χ0) is 15.3. The van der Waals surface area contributed by atoms with E-state index in [1.54, 1.807) is 6.92 Å². The van der Waals surface area contributed by atoms with Gasteiger partial charge in [0.15, 0.2) is 0 Å². The van der Waals surface area contributed by atoms with Gasteiger partial charge in [-0.3, -0.25) is 19.9 Å².